The third-order valence-electron chi connectivity index (χ3n) is 5.63. The third kappa shape index (κ3) is 4.51. The minimum Gasteiger partial charge on any atom is -0.397 e. The summed E-state index contributed by atoms with van der Waals surface area (Å²) in [7, 11) is 0. The first kappa shape index (κ1) is 18.9. The number of ether oxygens (including phenoxy) is 1. The molecule has 0 bridgehead atoms. The lowest BCUT2D eigenvalue weighted by Crippen LogP contribution is -2.46. The maximum Gasteiger partial charge on any atom is 0.253 e. The number of carbonyl (C=O) groups excluding carboxylic acids is 1. The van der Waals surface area contributed by atoms with E-state index in [2.05, 4.69) is 9.88 Å². The molecule has 1 amide bonds. The second kappa shape index (κ2) is 8.71. The number of morpholine rings is 1. The lowest BCUT2D eigenvalue weighted by atomic mass is 9.96. The quantitative estimate of drug-likeness (QED) is 0.882. The van der Waals surface area contributed by atoms with Crippen molar-refractivity contribution in [1.82, 2.24) is 14.8 Å². The van der Waals surface area contributed by atoms with Crippen LogP contribution in [0, 0.1) is 5.92 Å². The minimum absolute atomic E-state index is 0.116. The van der Waals surface area contributed by atoms with Gasteiger partial charge in [0, 0.05) is 56.2 Å². The van der Waals surface area contributed by atoms with Crippen LogP contribution in [0.4, 0.5) is 5.69 Å². The van der Waals surface area contributed by atoms with E-state index in [1.807, 2.05) is 35.2 Å². The highest BCUT2D eigenvalue weighted by molar-refractivity contribution is 5.95. The second-order valence-electron chi connectivity index (χ2n) is 7.76. The fraction of sp³-hybridized carbons (Fsp3) is 0.455. The number of amides is 1. The van der Waals surface area contributed by atoms with Gasteiger partial charge in [0.25, 0.3) is 5.91 Å². The molecule has 1 aromatic carbocycles. The molecule has 6 nitrogen and oxygen atoms in total. The summed E-state index contributed by atoms with van der Waals surface area (Å²) < 4.78 is 5.44. The Labute approximate surface area is 166 Å². The molecular formula is C22H28N4O2. The molecule has 0 spiro atoms. The van der Waals surface area contributed by atoms with Crippen LogP contribution in [0.1, 0.15) is 23.2 Å². The number of carbonyl (C=O) groups is 1. The zero-order valence-corrected chi connectivity index (χ0v) is 16.2. The normalized spacial score (nSPS) is 20.9. The lowest BCUT2D eigenvalue weighted by Gasteiger charge is -2.36. The van der Waals surface area contributed by atoms with Gasteiger partial charge in [-0.2, -0.15) is 0 Å². The molecule has 0 radical (unpaired) electrons. The summed E-state index contributed by atoms with van der Waals surface area (Å²) >= 11 is 0. The fourth-order valence-electron chi connectivity index (χ4n) is 4.18. The topological polar surface area (TPSA) is 71.7 Å². The molecule has 4 rings (SSSR count). The van der Waals surface area contributed by atoms with Crippen LogP contribution in [0.5, 0.6) is 0 Å². The maximum atomic E-state index is 13.1. The smallest absolute Gasteiger partial charge is 0.253 e. The van der Waals surface area contributed by atoms with Crippen molar-refractivity contribution in [3.63, 3.8) is 0 Å². The van der Waals surface area contributed by atoms with Crippen LogP contribution < -0.4 is 5.73 Å². The van der Waals surface area contributed by atoms with Gasteiger partial charge < -0.3 is 15.4 Å². The summed E-state index contributed by atoms with van der Waals surface area (Å²) in [5.74, 6) is 0.655. The molecule has 2 aliphatic rings. The van der Waals surface area contributed by atoms with E-state index in [0.717, 1.165) is 69.0 Å². The minimum atomic E-state index is 0.116. The van der Waals surface area contributed by atoms with Gasteiger partial charge in [-0.25, -0.2) is 0 Å². The number of nitrogens with zero attached hydrogens (tertiary/aromatic N) is 3. The first-order valence-corrected chi connectivity index (χ1v) is 10.1. The van der Waals surface area contributed by atoms with Crippen LogP contribution in [0.3, 0.4) is 0 Å². The predicted molar refractivity (Wildman–Crippen MR) is 110 cm³/mol. The summed E-state index contributed by atoms with van der Waals surface area (Å²) in [6.07, 6.45) is 5.66. The molecule has 3 heterocycles. The molecule has 2 saturated heterocycles. The van der Waals surface area contributed by atoms with Crippen LogP contribution >= 0.6 is 0 Å². The van der Waals surface area contributed by atoms with E-state index in [4.69, 9.17) is 10.5 Å². The number of nitrogens with two attached hydrogens (primary N) is 1. The van der Waals surface area contributed by atoms with Gasteiger partial charge in [0.1, 0.15) is 0 Å². The van der Waals surface area contributed by atoms with Gasteiger partial charge in [-0.3, -0.25) is 14.7 Å². The van der Waals surface area contributed by atoms with Gasteiger partial charge >= 0.3 is 0 Å². The summed E-state index contributed by atoms with van der Waals surface area (Å²) in [5.41, 5.74) is 9.10. The Hall–Kier alpha value is -2.44. The Morgan fingerprint density at radius 2 is 2.00 bits per heavy atom. The molecular weight excluding hydrogens is 352 g/mol. The summed E-state index contributed by atoms with van der Waals surface area (Å²) in [4.78, 5) is 21.8. The Kier molecular flexibility index (Phi) is 5.88. The number of pyridine rings is 1. The molecule has 2 aliphatic heterocycles. The number of hydrogen-bond donors (Lipinski definition) is 1. The molecule has 28 heavy (non-hydrogen) atoms. The summed E-state index contributed by atoms with van der Waals surface area (Å²) in [5, 5.41) is 0. The molecule has 2 fully saturated rings. The molecule has 0 unspecified atom stereocenters. The number of anilines is 1. The van der Waals surface area contributed by atoms with Crippen LogP contribution in [-0.2, 0) is 4.74 Å². The molecule has 1 aromatic heterocycles. The van der Waals surface area contributed by atoms with Gasteiger partial charge in [-0.05, 0) is 42.5 Å². The van der Waals surface area contributed by atoms with E-state index in [1.165, 1.54) is 6.42 Å². The first-order valence-electron chi connectivity index (χ1n) is 10.1. The first-order chi connectivity index (χ1) is 13.7. The Bertz CT molecular complexity index is 820. The molecule has 148 valence electrons. The second-order valence-corrected chi connectivity index (χ2v) is 7.76. The number of hydrogen-bond acceptors (Lipinski definition) is 5. The zero-order valence-electron chi connectivity index (χ0n) is 16.2. The maximum absolute atomic E-state index is 13.1. The van der Waals surface area contributed by atoms with Gasteiger partial charge in [0.15, 0.2) is 0 Å². The van der Waals surface area contributed by atoms with Crippen LogP contribution in [0.15, 0.2) is 42.7 Å². The van der Waals surface area contributed by atoms with E-state index in [1.54, 1.807) is 12.4 Å². The van der Waals surface area contributed by atoms with Crippen LogP contribution in [0.25, 0.3) is 11.1 Å². The van der Waals surface area contributed by atoms with Crippen molar-refractivity contribution in [3.05, 3.63) is 48.3 Å². The van der Waals surface area contributed by atoms with Crippen molar-refractivity contribution in [2.24, 2.45) is 5.92 Å². The van der Waals surface area contributed by atoms with Crippen LogP contribution in [-0.4, -0.2) is 66.6 Å². The van der Waals surface area contributed by atoms with Crippen molar-refractivity contribution in [1.29, 1.82) is 0 Å². The van der Waals surface area contributed by atoms with E-state index in [0.29, 0.717) is 11.6 Å². The number of rotatable bonds is 4. The van der Waals surface area contributed by atoms with E-state index in [9.17, 15) is 4.79 Å². The Morgan fingerprint density at radius 1 is 1.14 bits per heavy atom. The van der Waals surface area contributed by atoms with Gasteiger partial charge in [-0.1, -0.05) is 12.1 Å². The third-order valence-corrected chi connectivity index (χ3v) is 5.63. The molecule has 2 N–H and O–H groups in total. The number of nitrogen functional groups attached to an aromatic ring is 1. The van der Waals surface area contributed by atoms with Gasteiger partial charge in [0.05, 0.1) is 18.9 Å². The van der Waals surface area contributed by atoms with E-state index < -0.39 is 0 Å². The highest BCUT2D eigenvalue weighted by Gasteiger charge is 2.26. The predicted octanol–water partition coefficient (Wildman–Crippen LogP) is 2.52. The highest BCUT2D eigenvalue weighted by atomic mass is 16.5. The average Bonchev–Trinajstić information content (AvgIpc) is 2.74. The molecule has 1 atom stereocenters. The van der Waals surface area contributed by atoms with Gasteiger partial charge in [0.2, 0.25) is 0 Å². The van der Waals surface area contributed by atoms with Crippen molar-refractivity contribution < 1.29 is 9.53 Å². The number of likely N-dealkylation sites (tertiary alicyclic amines) is 1. The van der Waals surface area contributed by atoms with Crippen molar-refractivity contribution in [2.75, 3.05) is 51.7 Å². The monoisotopic (exact) mass is 380 g/mol. The molecule has 0 aliphatic carbocycles. The molecule has 0 saturated carbocycles. The largest absolute Gasteiger partial charge is 0.397 e. The number of benzene rings is 1. The fourth-order valence-corrected chi connectivity index (χ4v) is 4.18. The standard InChI is InChI=1S/C22H28N4O2/c23-21-12-20(13-24-14-21)18-4-1-5-19(11-18)22(27)26-6-2-3-17(16-26)15-25-7-9-28-10-8-25/h1,4-5,11-14,17H,2-3,6-10,15-16,23H2/t17-/m1/s1. The van der Waals surface area contributed by atoms with E-state index >= 15 is 0 Å². The molecule has 6 heteroatoms. The zero-order chi connectivity index (χ0) is 19.3. The molecule has 2 aromatic rings. The average molecular weight is 380 g/mol. The summed E-state index contributed by atoms with van der Waals surface area (Å²) in [6.45, 7) is 6.37. The number of piperidine rings is 1. The van der Waals surface area contributed by atoms with E-state index in [-0.39, 0.29) is 5.91 Å². The van der Waals surface area contributed by atoms with Gasteiger partial charge in [-0.15, -0.1) is 0 Å². The Morgan fingerprint density at radius 3 is 2.82 bits per heavy atom. The Balaban J connectivity index is 1.44. The van der Waals surface area contributed by atoms with Crippen LogP contribution in [0.2, 0.25) is 0 Å². The SMILES string of the molecule is Nc1cncc(-c2cccc(C(=O)N3CCC[C@H](CN4CCOCC4)C3)c2)c1. The lowest BCUT2D eigenvalue weighted by molar-refractivity contribution is 0.0224. The van der Waals surface area contributed by atoms with Crippen molar-refractivity contribution in [2.45, 2.75) is 12.8 Å². The number of aromatic nitrogens is 1. The van der Waals surface area contributed by atoms with Crippen molar-refractivity contribution >= 4 is 11.6 Å². The summed E-state index contributed by atoms with van der Waals surface area (Å²) in [6, 6.07) is 9.66. The highest BCUT2D eigenvalue weighted by Crippen LogP contribution is 2.24. The van der Waals surface area contributed by atoms with Crippen molar-refractivity contribution in [3.8, 4) is 11.1 Å².